The second kappa shape index (κ2) is 20.8. The number of phenolic OH excluding ortho intramolecular Hbond substituents is 3. The number of benzene rings is 2. The predicted octanol–water partition coefficient (Wildman–Crippen LogP) is -1.40. The number of allylic oxidation sites excluding steroid dienone is 2. The van der Waals surface area contributed by atoms with Gasteiger partial charge in [-0.1, -0.05) is 6.07 Å². The first kappa shape index (κ1) is 48.3. The van der Waals surface area contributed by atoms with Crippen LogP contribution in [0.3, 0.4) is 0 Å². The van der Waals surface area contributed by atoms with Crippen molar-refractivity contribution >= 4 is 41.7 Å². The molecule has 24 nitrogen and oxygen atoms in total. The molecule has 1 aliphatic carbocycles. The van der Waals surface area contributed by atoms with Crippen molar-refractivity contribution < 1.29 is 118 Å². The smallest absolute Gasteiger partial charge is 0.330 e. The fourth-order valence-corrected chi connectivity index (χ4v) is 6.74. The van der Waals surface area contributed by atoms with Crippen LogP contribution >= 0.6 is 0 Å². The number of carboxylic acid groups (broad SMARTS) is 2. The number of phenols is 3. The molecule has 11 atom stereocenters. The monoisotopic (exact) mass is 931 g/mol. The number of carboxylic acids is 2. The second-order valence-corrected chi connectivity index (χ2v) is 14.8. The fraction of sp³-hybridized carbons (Fsp3) is 0.357. The lowest BCUT2D eigenvalue weighted by Crippen LogP contribution is -2.60. The third-order valence-electron chi connectivity index (χ3n) is 10.0. The number of esters is 3. The van der Waals surface area contributed by atoms with Crippen molar-refractivity contribution in [1.82, 2.24) is 0 Å². The summed E-state index contributed by atoms with van der Waals surface area (Å²) in [6, 6.07) is 9.23. The third-order valence-corrected chi connectivity index (χ3v) is 10.0. The highest BCUT2D eigenvalue weighted by molar-refractivity contribution is 5.90. The highest BCUT2D eigenvalue weighted by Crippen LogP contribution is 2.39. The first-order valence-electron chi connectivity index (χ1n) is 19.6. The summed E-state index contributed by atoms with van der Waals surface area (Å²) in [5, 5.41) is 113. The molecule has 0 radical (unpaired) electrons. The van der Waals surface area contributed by atoms with Gasteiger partial charge in [0, 0.05) is 18.2 Å². The number of rotatable bonds is 16. The van der Waals surface area contributed by atoms with Crippen LogP contribution in [-0.2, 0) is 57.1 Å². The van der Waals surface area contributed by atoms with E-state index in [0.29, 0.717) is 5.56 Å². The minimum absolute atomic E-state index is 0.00234. The predicted molar refractivity (Wildman–Crippen MR) is 213 cm³/mol. The standard InChI is InChI=1S/C42H42O24/c43-19-5-3-18(4-6-19)39-26(63-41-37(57)35(55)34(54)27(64-41)15-59-31(51)8-2-17-1-7-22(45)23(46)9-17)12-21-24(61-39)10-20(44)11-25(21)62-42-38(58)36(56)40(66-33(53)14-30(49)50)28(65-42)16-60-32(52)13-29(47)48/h1-12,24,27-28,34-38,40-46,54-58H,13-16H2,(H,47,48)(H,49,50)/p+1/b8-2+/t24?,27-,28-,34-,35+,36-,37-,38-,40-,41-,42-/m1/s1. The molecule has 1 unspecified atom stereocenters. The first-order chi connectivity index (χ1) is 31.3. The molecular formula is C42H43O24+. The average Bonchev–Trinajstić information content (AvgIpc) is 3.25. The van der Waals surface area contributed by atoms with E-state index in [0.717, 1.165) is 12.2 Å². The van der Waals surface area contributed by atoms with E-state index in [1.807, 2.05) is 0 Å². The molecule has 2 aromatic carbocycles. The number of aliphatic carboxylic acids is 2. The molecule has 24 heteroatoms. The van der Waals surface area contributed by atoms with E-state index in [1.54, 1.807) is 0 Å². The van der Waals surface area contributed by atoms with Gasteiger partial charge in [-0.15, -0.1) is 0 Å². The van der Waals surface area contributed by atoms with E-state index in [9.17, 15) is 69.9 Å². The van der Waals surface area contributed by atoms with Gasteiger partial charge in [-0.25, -0.2) is 4.79 Å². The van der Waals surface area contributed by atoms with Gasteiger partial charge >= 0.3 is 35.6 Å². The van der Waals surface area contributed by atoms with Crippen LogP contribution in [0.4, 0.5) is 0 Å². The number of aliphatic hydroxyl groups excluding tert-OH is 6. The molecule has 0 saturated carbocycles. The van der Waals surface area contributed by atoms with Crippen molar-refractivity contribution in [2.75, 3.05) is 13.2 Å². The summed E-state index contributed by atoms with van der Waals surface area (Å²) in [4.78, 5) is 59.1. The third kappa shape index (κ3) is 11.7. The van der Waals surface area contributed by atoms with Crippen LogP contribution in [0, 0.1) is 0 Å². The molecular weight excluding hydrogens is 888 g/mol. The van der Waals surface area contributed by atoms with Gasteiger partial charge in [0.25, 0.3) is 0 Å². The van der Waals surface area contributed by atoms with Crippen LogP contribution in [-0.4, -0.2) is 171 Å². The van der Waals surface area contributed by atoms with Crippen molar-refractivity contribution in [2.45, 2.75) is 80.4 Å². The van der Waals surface area contributed by atoms with E-state index in [1.165, 1.54) is 60.7 Å². The van der Waals surface area contributed by atoms with Gasteiger partial charge in [-0.2, -0.15) is 0 Å². The highest BCUT2D eigenvalue weighted by Gasteiger charge is 2.51. The van der Waals surface area contributed by atoms with E-state index in [4.69, 9.17) is 43.4 Å². The van der Waals surface area contributed by atoms with Crippen molar-refractivity contribution in [1.29, 1.82) is 0 Å². The van der Waals surface area contributed by atoms with Crippen LogP contribution in [0.1, 0.15) is 24.0 Å². The number of fused-ring (bicyclic) bond motifs is 1. The minimum Gasteiger partial charge on any atom is -0.571 e. The molecule has 354 valence electrons. The lowest BCUT2D eigenvalue weighted by molar-refractivity contribution is -0.295. The summed E-state index contributed by atoms with van der Waals surface area (Å²) in [5.41, 5.74) is 0.626. The molecule has 2 aromatic rings. The zero-order valence-corrected chi connectivity index (χ0v) is 33.9. The Morgan fingerprint density at radius 3 is 2.00 bits per heavy atom. The fourth-order valence-electron chi connectivity index (χ4n) is 6.74. The van der Waals surface area contributed by atoms with Crippen LogP contribution < -0.4 is 0 Å². The quantitative estimate of drug-likeness (QED) is 0.0230. The normalized spacial score (nSPS) is 28.4. The number of ether oxygens (including phenoxy) is 8. The Morgan fingerprint density at radius 2 is 1.32 bits per heavy atom. The van der Waals surface area contributed by atoms with Crippen LogP contribution in [0.5, 0.6) is 17.2 Å². The molecule has 3 aliphatic heterocycles. The maximum absolute atomic E-state index is 12.6. The van der Waals surface area contributed by atoms with Crippen LogP contribution in [0.25, 0.3) is 11.8 Å². The molecule has 66 heavy (non-hydrogen) atoms. The summed E-state index contributed by atoms with van der Waals surface area (Å²) in [7, 11) is 0. The van der Waals surface area contributed by atoms with E-state index in [-0.39, 0.29) is 39.9 Å². The zero-order chi connectivity index (χ0) is 48.0. The highest BCUT2D eigenvalue weighted by atomic mass is 16.7. The summed E-state index contributed by atoms with van der Waals surface area (Å²) >= 11 is 0. The van der Waals surface area contributed by atoms with Gasteiger partial charge in [-0.05, 0) is 48.0 Å². The summed E-state index contributed by atoms with van der Waals surface area (Å²) in [6.07, 6.45) is -16.6. The van der Waals surface area contributed by atoms with Crippen molar-refractivity contribution in [2.24, 2.45) is 0 Å². The Morgan fingerprint density at radius 1 is 0.682 bits per heavy atom. The Labute approximate surface area is 370 Å². The topological polar surface area (TPSA) is 385 Å². The largest absolute Gasteiger partial charge is 0.571 e. The van der Waals surface area contributed by atoms with Crippen LogP contribution in [0.15, 0.2) is 89.6 Å². The number of aromatic hydroxyl groups is 3. The van der Waals surface area contributed by atoms with Gasteiger partial charge in [0.05, 0.1) is 17.2 Å². The zero-order valence-electron chi connectivity index (χ0n) is 33.9. The number of aliphatic hydroxyl groups is 8. The van der Waals surface area contributed by atoms with Crippen LogP contribution in [0.2, 0.25) is 0 Å². The Bertz CT molecular complexity index is 2330. The van der Waals surface area contributed by atoms with Crippen molar-refractivity contribution in [3.8, 4) is 17.2 Å². The summed E-state index contributed by atoms with van der Waals surface area (Å²) < 4.78 is 43.3. The number of carbonyl (C=O) groups is 5. The maximum atomic E-state index is 12.6. The van der Waals surface area contributed by atoms with Gasteiger partial charge in [0.15, 0.2) is 17.6 Å². The molecule has 2 saturated heterocycles. The molecule has 0 aromatic heterocycles. The number of hydrogen-bond donors (Lipinski definition) is 11. The minimum atomic E-state index is -2.12. The Hall–Kier alpha value is -7.19. The first-order valence-corrected chi connectivity index (χ1v) is 19.6. The van der Waals surface area contributed by atoms with Crippen molar-refractivity contribution in [3.63, 3.8) is 0 Å². The van der Waals surface area contributed by atoms with Gasteiger partial charge in [0.2, 0.25) is 24.4 Å². The Balaban J connectivity index is 1.26. The van der Waals surface area contributed by atoms with Gasteiger partial charge in [-0.3, -0.25) is 19.2 Å². The SMILES string of the molecule is O=C(O)CC(=O)OC[C@H]1O[C@@H](OC2=CC(O)=CC3[OH+]C(c4ccc(O)cc4)=C(O[C@@H]4O[C@H](COC(=O)/C=C/c5ccc(O)c(O)c5)[C@@H](O)[C@H](O)[C@H]4O)C=C23)[C@H](O)[C@@H](O)[C@@H]1OC(=O)CC(=O)O. The van der Waals surface area contributed by atoms with Gasteiger partial charge < -0.3 is 94.1 Å². The molecule has 0 spiro atoms. The number of hydrogen-bond acceptors (Lipinski definition) is 21. The second-order valence-electron chi connectivity index (χ2n) is 14.8. The molecule has 3 heterocycles. The summed E-state index contributed by atoms with van der Waals surface area (Å²) in [5.74, 6) is -8.79. The molecule has 0 amide bonds. The van der Waals surface area contributed by atoms with Crippen molar-refractivity contribution in [3.05, 3.63) is 101 Å². The number of carbonyl (C=O) groups excluding carboxylic acids is 3. The average molecular weight is 932 g/mol. The summed E-state index contributed by atoms with van der Waals surface area (Å²) in [6.45, 7) is -1.60. The van der Waals surface area contributed by atoms with Gasteiger partial charge in [0.1, 0.15) is 86.1 Å². The Kier molecular flexibility index (Phi) is 15.2. The van der Waals surface area contributed by atoms with E-state index >= 15 is 0 Å². The lowest BCUT2D eigenvalue weighted by atomic mass is 9.96. The van der Waals surface area contributed by atoms with E-state index < -0.39 is 135 Å². The molecule has 4 aliphatic rings. The molecule has 2 fully saturated rings. The molecule has 12 N–H and O–H groups in total. The maximum Gasteiger partial charge on any atom is 0.330 e. The lowest BCUT2D eigenvalue weighted by Gasteiger charge is -2.42. The molecule has 6 rings (SSSR count). The molecule has 0 bridgehead atoms. The van der Waals surface area contributed by atoms with E-state index in [2.05, 4.69) is 4.74 Å².